The summed E-state index contributed by atoms with van der Waals surface area (Å²) in [5.74, 6) is -0.362. The molecule has 0 saturated carbocycles. The summed E-state index contributed by atoms with van der Waals surface area (Å²) in [5, 5.41) is 14.7. The molecule has 0 saturated heterocycles. The summed E-state index contributed by atoms with van der Waals surface area (Å²) in [6.07, 6.45) is 4.27. The van der Waals surface area contributed by atoms with Crippen molar-refractivity contribution in [2.75, 3.05) is 10.6 Å². The van der Waals surface area contributed by atoms with Gasteiger partial charge in [0.2, 0.25) is 5.95 Å². The third kappa shape index (κ3) is 3.95. The molecule has 0 aliphatic heterocycles. The molecule has 0 fully saturated rings. The molecule has 8 heteroatoms. The number of rotatable bonds is 4. The summed E-state index contributed by atoms with van der Waals surface area (Å²) in [4.78, 5) is 19.9. The van der Waals surface area contributed by atoms with Crippen LogP contribution in [0.15, 0.2) is 48.4 Å². The molecule has 1 aromatic heterocycles. The van der Waals surface area contributed by atoms with Crippen molar-refractivity contribution in [3.63, 3.8) is 0 Å². The van der Waals surface area contributed by atoms with Crippen LogP contribution in [0.1, 0.15) is 0 Å². The molecule has 6 nitrogen and oxygen atoms in total. The van der Waals surface area contributed by atoms with E-state index in [2.05, 4.69) is 20.6 Å². The highest BCUT2D eigenvalue weighted by molar-refractivity contribution is 6.44. The van der Waals surface area contributed by atoms with Crippen molar-refractivity contribution in [2.24, 2.45) is 0 Å². The van der Waals surface area contributed by atoms with E-state index in [1.165, 1.54) is 18.6 Å². The van der Waals surface area contributed by atoms with E-state index in [1.54, 1.807) is 30.3 Å². The van der Waals surface area contributed by atoms with Gasteiger partial charge in [-0.1, -0.05) is 29.3 Å². The Kier molecular flexibility index (Phi) is 5.31. The van der Waals surface area contributed by atoms with Crippen molar-refractivity contribution in [3.05, 3.63) is 58.5 Å². The Morgan fingerprint density at radius 1 is 1.23 bits per heavy atom. The fourth-order valence-electron chi connectivity index (χ4n) is 1.45. The van der Waals surface area contributed by atoms with E-state index in [4.69, 9.17) is 28.5 Å². The molecule has 0 atom stereocenters. The molecule has 0 spiro atoms. The third-order valence-corrected chi connectivity index (χ3v) is 3.30. The SMILES string of the molecule is N#C/C(=C/Nc1ncccn1)C(=O)Nc1cccc(Cl)c1Cl. The molecule has 1 aromatic carbocycles. The molecule has 0 aliphatic rings. The Labute approximate surface area is 136 Å². The van der Waals surface area contributed by atoms with Gasteiger partial charge >= 0.3 is 0 Å². The number of nitrogens with zero attached hydrogens (tertiary/aromatic N) is 3. The molecular formula is C14H9Cl2N5O. The molecule has 2 rings (SSSR count). The van der Waals surface area contributed by atoms with Crippen molar-refractivity contribution >= 4 is 40.7 Å². The summed E-state index contributed by atoms with van der Waals surface area (Å²) in [6.45, 7) is 0. The van der Waals surface area contributed by atoms with Gasteiger partial charge in [-0.2, -0.15) is 5.26 Å². The molecule has 2 N–H and O–H groups in total. The standard InChI is InChI=1S/C14H9Cl2N5O/c15-10-3-1-4-11(12(10)16)21-13(22)9(7-17)8-20-14-18-5-2-6-19-14/h1-6,8H,(H,21,22)(H,18,19,20)/b9-8-. The van der Waals surface area contributed by atoms with E-state index < -0.39 is 5.91 Å². The van der Waals surface area contributed by atoms with Crippen molar-refractivity contribution in [2.45, 2.75) is 0 Å². The molecule has 1 amide bonds. The van der Waals surface area contributed by atoms with Gasteiger partial charge in [-0.3, -0.25) is 4.79 Å². The first-order valence-electron chi connectivity index (χ1n) is 6.01. The second-order valence-corrected chi connectivity index (χ2v) is 4.73. The Morgan fingerprint density at radius 2 is 1.95 bits per heavy atom. The van der Waals surface area contributed by atoms with Gasteiger partial charge in [-0.25, -0.2) is 9.97 Å². The smallest absolute Gasteiger partial charge is 0.267 e. The Bertz CT molecular complexity index is 756. The summed E-state index contributed by atoms with van der Waals surface area (Å²) in [7, 11) is 0. The second kappa shape index (κ2) is 7.41. The van der Waals surface area contributed by atoms with Gasteiger partial charge < -0.3 is 10.6 Å². The molecule has 1 heterocycles. The average molecular weight is 334 g/mol. The van der Waals surface area contributed by atoms with Crippen LogP contribution in [0.2, 0.25) is 10.0 Å². The van der Waals surface area contributed by atoms with Crippen LogP contribution in [-0.2, 0) is 4.79 Å². The minimum absolute atomic E-state index is 0.163. The maximum Gasteiger partial charge on any atom is 0.267 e. The zero-order chi connectivity index (χ0) is 15.9. The van der Waals surface area contributed by atoms with Gasteiger partial charge in [0.15, 0.2) is 0 Å². The van der Waals surface area contributed by atoms with Crippen molar-refractivity contribution in [1.29, 1.82) is 5.26 Å². The van der Waals surface area contributed by atoms with Gasteiger partial charge in [0.1, 0.15) is 11.6 Å². The van der Waals surface area contributed by atoms with Gasteiger partial charge in [-0.05, 0) is 18.2 Å². The van der Waals surface area contributed by atoms with Crippen LogP contribution in [0.4, 0.5) is 11.6 Å². The predicted molar refractivity (Wildman–Crippen MR) is 84.4 cm³/mol. The maximum atomic E-state index is 12.0. The Balaban J connectivity index is 2.12. The highest BCUT2D eigenvalue weighted by Gasteiger charge is 2.12. The fourth-order valence-corrected chi connectivity index (χ4v) is 1.80. The summed E-state index contributed by atoms with van der Waals surface area (Å²) < 4.78 is 0. The first-order valence-corrected chi connectivity index (χ1v) is 6.76. The van der Waals surface area contributed by atoms with Crippen LogP contribution >= 0.6 is 23.2 Å². The first kappa shape index (κ1) is 15.8. The fraction of sp³-hybridized carbons (Fsp3) is 0. The van der Waals surface area contributed by atoms with E-state index >= 15 is 0 Å². The van der Waals surface area contributed by atoms with Crippen LogP contribution in [0.5, 0.6) is 0 Å². The zero-order valence-electron chi connectivity index (χ0n) is 11.0. The quantitative estimate of drug-likeness (QED) is 0.662. The number of amides is 1. The molecule has 0 unspecified atom stereocenters. The molecule has 0 radical (unpaired) electrons. The average Bonchev–Trinajstić information content (AvgIpc) is 2.53. The molecule has 22 heavy (non-hydrogen) atoms. The Morgan fingerprint density at radius 3 is 2.64 bits per heavy atom. The monoisotopic (exact) mass is 333 g/mol. The number of benzene rings is 1. The minimum atomic E-state index is -0.630. The van der Waals surface area contributed by atoms with Crippen LogP contribution < -0.4 is 10.6 Å². The van der Waals surface area contributed by atoms with Gasteiger partial charge in [0, 0.05) is 18.6 Å². The van der Waals surface area contributed by atoms with Crippen molar-refractivity contribution in [3.8, 4) is 6.07 Å². The number of nitrogens with one attached hydrogen (secondary N) is 2. The third-order valence-electron chi connectivity index (χ3n) is 2.48. The molecule has 0 aliphatic carbocycles. The van der Waals surface area contributed by atoms with Crippen LogP contribution in [0.25, 0.3) is 0 Å². The largest absolute Gasteiger partial charge is 0.329 e. The van der Waals surface area contributed by atoms with E-state index in [0.717, 1.165) is 0 Å². The number of carbonyl (C=O) groups excluding carboxylic acids is 1. The number of halogens is 2. The Hall–Kier alpha value is -2.62. The number of hydrogen-bond acceptors (Lipinski definition) is 5. The number of aromatic nitrogens is 2. The highest BCUT2D eigenvalue weighted by Crippen LogP contribution is 2.29. The predicted octanol–water partition coefficient (Wildman–Crippen LogP) is 3.24. The van der Waals surface area contributed by atoms with Gasteiger partial charge in [0.05, 0.1) is 15.7 Å². The van der Waals surface area contributed by atoms with Crippen LogP contribution in [0, 0.1) is 11.3 Å². The van der Waals surface area contributed by atoms with Gasteiger partial charge in [-0.15, -0.1) is 0 Å². The normalized spacial score (nSPS) is 10.7. The summed E-state index contributed by atoms with van der Waals surface area (Å²) >= 11 is 11.8. The van der Waals surface area contributed by atoms with E-state index in [1.807, 2.05) is 0 Å². The van der Waals surface area contributed by atoms with E-state index in [-0.39, 0.29) is 16.5 Å². The van der Waals surface area contributed by atoms with Crippen LogP contribution in [0.3, 0.4) is 0 Å². The number of carbonyl (C=O) groups is 1. The number of anilines is 2. The topological polar surface area (TPSA) is 90.7 Å². The van der Waals surface area contributed by atoms with Gasteiger partial charge in [0.25, 0.3) is 5.91 Å². The van der Waals surface area contributed by atoms with Crippen molar-refractivity contribution < 1.29 is 4.79 Å². The maximum absolute atomic E-state index is 12.0. The van der Waals surface area contributed by atoms with Crippen molar-refractivity contribution in [1.82, 2.24) is 9.97 Å². The molecular weight excluding hydrogens is 325 g/mol. The summed E-state index contributed by atoms with van der Waals surface area (Å²) in [5.41, 5.74) is 0.153. The molecule has 0 bridgehead atoms. The minimum Gasteiger partial charge on any atom is -0.329 e. The van der Waals surface area contributed by atoms with E-state index in [9.17, 15) is 4.79 Å². The lowest BCUT2D eigenvalue weighted by molar-refractivity contribution is -0.112. The molecule has 110 valence electrons. The highest BCUT2D eigenvalue weighted by atomic mass is 35.5. The lowest BCUT2D eigenvalue weighted by atomic mass is 10.2. The number of nitriles is 1. The zero-order valence-corrected chi connectivity index (χ0v) is 12.6. The van der Waals surface area contributed by atoms with E-state index in [0.29, 0.717) is 10.7 Å². The molecule has 2 aromatic rings. The first-order chi connectivity index (χ1) is 10.6. The second-order valence-electron chi connectivity index (χ2n) is 3.94. The number of hydrogen-bond donors (Lipinski definition) is 2. The summed E-state index contributed by atoms with van der Waals surface area (Å²) in [6, 6.07) is 8.23. The van der Waals surface area contributed by atoms with Crippen LogP contribution in [-0.4, -0.2) is 15.9 Å². The lowest BCUT2D eigenvalue weighted by Gasteiger charge is -2.07. The lowest BCUT2D eigenvalue weighted by Crippen LogP contribution is -2.15.